The van der Waals surface area contributed by atoms with E-state index in [9.17, 15) is 0 Å². The average Bonchev–Trinajstić information content (AvgIpc) is 3.17. The van der Waals surface area contributed by atoms with E-state index in [0.29, 0.717) is 19.0 Å². The van der Waals surface area contributed by atoms with Gasteiger partial charge in [0.15, 0.2) is 0 Å². The van der Waals surface area contributed by atoms with Crippen LogP contribution in [0.15, 0.2) is 65.1 Å². The molecule has 0 amide bonds. The lowest BCUT2D eigenvalue weighted by atomic mass is 10.2. The maximum atomic E-state index is 5.62. The topological polar surface area (TPSA) is 72.2 Å². The minimum Gasteiger partial charge on any atom is -0.496 e. The molecule has 0 atom stereocenters. The van der Waals surface area contributed by atoms with E-state index in [0.717, 1.165) is 46.0 Å². The largest absolute Gasteiger partial charge is 0.496 e. The molecule has 2 N–H and O–H groups in total. The molecule has 0 spiro atoms. The van der Waals surface area contributed by atoms with Crippen molar-refractivity contribution in [2.75, 3.05) is 24.3 Å². The first kappa shape index (κ1) is 18.8. The molecule has 0 aliphatic heterocycles. The summed E-state index contributed by atoms with van der Waals surface area (Å²) in [5.41, 5.74) is 1.96. The monoisotopic (exact) mass is 388 g/mol. The van der Waals surface area contributed by atoms with Gasteiger partial charge in [-0.15, -0.1) is 0 Å². The number of benzene rings is 2. The number of rotatable bonds is 8. The third-order valence-electron chi connectivity index (χ3n) is 4.69. The lowest BCUT2D eigenvalue weighted by molar-refractivity contribution is 0.410. The Labute approximate surface area is 169 Å². The molecule has 6 heteroatoms. The van der Waals surface area contributed by atoms with Crippen LogP contribution in [-0.4, -0.2) is 23.6 Å². The molecule has 0 radical (unpaired) electrons. The third kappa shape index (κ3) is 4.48. The summed E-state index contributed by atoms with van der Waals surface area (Å²) < 4.78 is 11.1. The second-order valence-electron chi connectivity index (χ2n) is 6.77. The van der Waals surface area contributed by atoms with E-state index >= 15 is 0 Å². The zero-order valence-corrected chi connectivity index (χ0v) is 16.6. The van der Waals surface area contributed by atoms with Crippen LogP contribution >= 0.6 is 0 Å². The van der Waals surface area contributed by atoms with Crippen molar-refractivity contribution in [1.29, 1.82) is 0 Å². The van der Waals surface area contributed by atoms with Gasteiger partial charge in [0.1, 0.15) is 23.1 Å². The summed E-state index contributed by atoms with van der Waals surface area (Å²) in [4.78, 5) is 9.35. The first-order valence-electron chi connectivity index (χ1n) is 9.64. The number of nitrogens with zero attached hydrogens (tertiary/aromatic N) is 2. The molecule has 2 aromatic carbocycles. The molecule has 0 unspecified atom stereocenters. The maximum absolute atomic E-state index is 5.62. The van der Waals surface area contributed by atoms with Crippen molar-refractivity contribution < 1.29 is 9.15 Å². The highest BCUT2D eigenvalue weighted by atomic mass is 16.5. The van der Waals surface area contributed by atoms with Crippen molar-refractivity contribution in [3.63, 3.8) is 0 Å². The quantitative estimate of drug-likeness (QED) is 0.451. The Bertz CT molecular complexity index is 1110. The molecule has 2 aromatic heterocycles. The Morgan fingerprint density at radius 2 is 1.76 bits per heavy atom. The highest BCUT2D eigenvalue weighted by Gasteiger charge is 2.09. The summed E-state index contributed by atoms with van der Waals surface area (Å²) in [6.07, 6.45) is 0.772. The number of fused-ring (bicyclic) bond motifs is 1. The van der Waals surface area contributed by atoms with E-state index in [4.69, 9.17) is 14.1 Å². The van der Waals surface area contributed by atoms with Gasteiger partial charge in [-0.1, -0.05) is 30.3 Å². The predicted octanol–water partition coefficient (Wildman–Crippen LogP) is 4.81. The summed E-state index contributed by atoms with van der Waals surface area (Å²) >= 11 is 0. The van der Waals surface area contributed by atoms with Crippen LogP contribution < -0.4 is 15.4 Å². The lowest BCUT2D eigenvalue weighted by Crippen LogP contribution is -2.10. The van der Waals surface area contributed by atoms with Crippen molar-refractivity contribution in [3.05, 3.63) is 77.7 Å². The van der Waals surface area contributed by atoms with Crippen molar-refractivity contribution in [2.45, 2.75) is 19.9 Å². The molecular formula is C23H24N4O2. The lowest BCUT2D eigenvalue weighted by Gasteiger charge is -2.13. The van der Waals surface area contributed by atoms with E-state index in [-0.39, 0.29) is 0 Å². The smallest absolute Gasteiger partial charge is 0.225 e. The zero-order chi connectivity index (χ0) is 20.1. The molecule has 6 nitrogen and oxygen atoms in total. The number of para-hydroxylation sites is 2. The SMILES string of the molecule is COc1ccccc1CNc1nc(NCCc2ccc(C)o2)nc2ccccc12. The Kier molecular flexibility index (Phi) is 5.61. The van der Waals surface area contributed by atoms with Crippen molar-refractivity contribution >= 4 is 22.7 Å². The number of furan rings is 1. The molecule has 148 valence electrons. The van der Waals surface area contributed by atoms with Gasteiger partial charge < -0.3 is 19.8 Å². The molecule has 29 heavy (non-hydrogen) atoms. The van der Waals surface area contributed by atoms with Gasteiger partial charge in [0.05, 0.1) is 12.6 Å². The molecule has 0 fully saturated rings. The molecule has 0 aliphatic rings. The van der Waals surface area contributed by atoms with Crippen LogP contribution in [0.3, 0.4) is 0 Å². The zero-order valence-electron chi connectivity index (χ0n) is 16.6. The van der Waals surface area contributed by atoms with Crippen molar-refractivity contribution in [2.24, 2.45) is 0 Å². The first-order valence-corrected chi connectivity index (χ1v) is 9.64. The van der Waals surface area contributed by atoms with Crippen molar-refractivity contribution in [1.82, 2.24) is 9.97 Å². The van der Waals surface area contributed by atoms with Crippen LogP contribution in [0.25, 0.3) is 10.9 Å². The van der Waals surface area contributed by atoms with Crippen LogP contribution in [0.1, 0.15) is 17.1 Å². The standard InChI is InChI=1S/C23H24N4O2/c1-16-11-12-18(29-16)13-14-24-23-26-20-9-5-4-8-19(20)22(27-23)25-15-17-7-3-6-10-21(17)28-2/h3-12H,13-15H2,1-2H3,(H2,24,25,26,27). The molecule has 4 rings (SSSR count). The van der Waals surface area contributed by atoms with Crippen LogP contribution in [0.5, 0.6) is 5.75 Å². The minimum absolute atomic E-state index is 0.592. The fourth-order valence-corrected chi connectivity index (χ4v) is 3.24. The number of ether oxygens (including phenoxy) is 1. The molecule has 0 aliphatic carbocycles. The van der Waals surface area contributed by atoms with Crippen LogP contribution in [0.2, 0.25) is 0 Å². The number of aromatic nitrogens is 2. The second-order valence-corrected chi connectivity index (χ2v) is 6.77. The molecule has 0 bridgehead atoms. The first-order chi connectivity index (χ1) is 14.2. The Hall–Kier alpha value is -3.54. The van der Waals surface area contributed by atoms with Gasteiger partial charge in [-0.25, -0.2) is 4.98 Å². The van der Waals surface area contributed by atoms with Gasteiger partial charge in [0, 0.05) is 30.5 Å². The van der Waals surface area contributed by atoms with E-state index in [1.54, 1.807) is 7.11 Å². The highest BCUT2D eigenvalue weighted by molar-refractivity contribution is 5.90. The number of methoxy groups -OCH3 is 1. The Morgan fingerprint density at radius 1 is 0.931 bits per heavy atom. The fourth-order valence-electron chi connectivity index (χ4n) is 3.24. The van der Waals surface area contributed by atoms with Gasteiger partial charge >= 0.3 is 0 Å². The van der Waals surface area contributed by atoms with Crippen molar-refractivity contribution in [3.8, 4) is 5.75 Å². The van der Waals surface area contributed by atoms with Gasteiger partial charge in [-0.3, -0.25) is 0 Å². The van der Waals surface area contributed by atoms with Gasteiger partial charge in [-0.05, 0) is 37.3 Å². The number of hydrogen-bond donors (Lipinski definition) is 2. The molecular weight excluding hydrogens is 364 g/mol. The second kappa shape index (κ2) is 8.65. The number of aryl methyl sites for hydroxylation is 1. The maximum Gasteiger partial charge on any atom is 0.225 e. The Balaban J connectivity index is 1.52. The summed E-state index contributed by atoms with van der Waals surface area (Å²) in [6, 6.07) is 19.9. The molecule has 2 heterocycles. The number of anilines is 2. The fraction of sp³-hybridized carbons (Fsp3) is 0.217. The third-order valence-corrected chi connectivity index (χ3v) is 4.69. The summed E-state index contributed by atoms with van der Waals surface area (Å²) in [6.45, 7) is 3.25. The minimum atomic E-state index is 0.592. The average molecular weight is 388 g/mol. The van der Waals surface area contributed by atoms with Crippen LogP contribution in [0, 0.1) is 6.92 Å². The number of nitrogens with one attached hydrogen (secondary N) is 2. The van der Waals surface area contributed by atoms with Gasteiger partial charge in [0.2, 0.25) is 5.95 Å². The van der Waals surface area contributed by atoms with E-state index in [2.05, 4.69) is 15.6 Å². The predicted molar refractivity (Wildman–Crippen MR) is 115 cm³/mol. The summed E-state index contributed by atoms with van der Waals surface area (Å²) in [7, 11) is 1.68. The molecule has 4 aromatic rings. The summed E-state index contributed by atoms with van der Waals surface area (Å²) in [5.74, 6) is 4.10. The molecule has 0 saturated heterocycles. The summed E-state index contributed by atoms with van der Waals surface area (Å²) in [5, 5.41) is 7.73. The van der Waals surface area contributed by atoms with Crippen LogP contribution in [-0.2, 0) is 13.0 Å². The van der Waals surface area contributed by atoms with E-state index in [1.165, 1.54) is 0 Å². The normalized spacial score (nSPS) is 10.8. The molecule has 0 saturated carbocycles. The van der Waals surface area contributed by atoms with Gasteiger partial charge in [0.25, 0.3) is 0 Å². The van der Waals surface area contributed by atoms with E-state index < -0.39 is 0 Å². The Morgan fingerprint density at radius 3 is 2.59 bits per heavy atom. The van der Waals surface area contributed by atoms with Gasteiger partial charge in [-0.2, -0.15) is 4.98 Å². The van der Waals surface area contributed by atoms with Crippen LogP contribution in [0.4, 0.5) is 11.8 Å². The highest BCUT2D eigenvalue weighted by Crippen LogP contribution is 2.24. The number of hydrogen-bond acceptors (Lipinski definition) is 6. The van der Waals surface area contributed by atoms with E-state index in [1.807, 2.05) is 67.6 Å².